The fraction of sp³-hybridized carbons (Fsp3) is 0.154. The van der Waals surface area contributed by atoms with Crippen molar-refractivity contribution >= 4 is 17.6 Å². The molecule has 2 heterocycles. The van der Waals surface area contributed by atoms with Gasteiger partial charge in [0.1, 0.15) is 12.4 Å². The minimum Gasteiger partial charge on any atom is -0.488 e. The first-order chi connectivity index (χ1) is 7.78. The van der Waals surface area contributed by atoms with Crippen molar-refractivity contribution in [3.05, 3.63) is 40.3 Å². The van der Waals surface area contributed by atoms with Crippen molar-refractivity contribution in [2.24, 2.45) is 0 Å². The van der Waals surface area contributed by atoms with Gasteiger partial charge in [-0.25, -0.2) is 0 Å². The quantitative estimate of drug-likeness (QED) is 0.701. The number of aldehydes is 1. The first-order valence-corrected chi connectivity index (χ1v) is 5.91. The monoisotopic (exact) mass is 230 g/mol. The largest absolute Gasteiger partial charge is 0.488 e. The third kappa shape index (κ3) is 1.36. The van der Waals surface area contributed by atoms with Crippen LogP contribution >= 0.6 is 11.3 Å². The molecule has 1 aromatic heterocycles. The Hall–Kier alpha value is -1.61. The molecular weight excluding hydrogens is 220 g/mol. The van der Waals surface area contributed by atoms with Gasteiger partial charge in [0.2, 0.25) is 0 Å². The number of thiophene rings is 1. The minimum atomic E-state index is 0.565. The lowest BCUT2D eigenvalue weighted by Crippen LogP contribution is -2.02. The minimum absolute atomic E-state index is 0.565. The molecule has 80 valence electrons. The van der Waals surface area contributed by atoms with Crippen molar-refractivity contribution in [3.8, 4) is 16.2 Å². The lowest BCUT2D eigenvalue weighted by atomic mass is 10.0. The van der Waals surface area contributed by atoms with E-state index in [1.165, 1.54) is 21.8 Å². The molecule has 0 unspecified atom stereocenters. The SMILES string of the molecule is Cc1ccc2c(c1)-c1sc(C=O)cc1CO2. The molecule has 1 aliphatic heterocycles. The third-order valence-electron chi connectivity index (χ3n) is 2.71. The predicted octanol–water partition coefficient (Wildman–Crippen LogP) is 3.43. The topological polar surface area (TPSA) is 26.3 Å². The van der Waals surface area contributed by atoms with Gasteiger partial charge in [0.05, 0.1) is 4.88 Å². The van der Waals surface area contributed by atoms with Crippen LogP contribution in [0.1, 0.15) is 20.8 Å². The highest BCUT2D eigenvalue weighted by atomic mass is 32.1. The summed E-state index contributed by atoms with van der Waals surface area (Å²) in [6, 6.07) is 8.06. The summed E-state index contributed by atoms with van der Waals surface area (Å²) < 4.78 is 5.65. The summed E-state index contributed by atoms with van der Waals surface area (Å²) in [5, 5.41) is 0. The highest BCUT2D eigenvalue weighted by Crippen LogP contribution is 2.42. The molecule has 0 N–H and O–H groups in total. The molecule has 0 spiro atoms. The first-order valence-electron chi connectivity index (χ1n) is 5.09. The van der Waals surface area contributed by atoms with Gasteiger partial charge in [0.15, 0.2) is 6.29 Å². The Morgan fingerprint density at radius 2 is 2.25 bits per heavy atom. The van der Waals surface area contributed by atoms with E-state index in [1.54, 1.807) is 0 Å². The molecule has 0 amide bonds. The standard InChI is InChI=1S/C13H10O2S/c1-8-2-3-12-11(4-8)13-9(7-15-12)5-10(6-14)16-13/h2-6H,7H2,1H3. The lowest BCUT2D eigenvalue weighted by molar-refractivity contribution is 0.112. The maximum Gasteiger partial charge on any atom is 0.160 e. The molecule has 0 saturated carbocycles. The van der Waals surface area contributed by atoms with Gasteiger partial charge < -0.3 is 4.74 Å². The summed E-state index contributed by atoms with van der Waals surface area (Å²) in [5.74, 6) is 0.914. The predicted molar refractivity (Wildman–Crippen MR) is 64.2 cm³/mol. The Kier molecular flexibility index (Phi) is 2.07. The van der Waals surface area contributed by atoms with Gasteiger partial charge in [-0.05, 0) is 25.1 Å². The Morgan fingerprint density at radius 1 is 1.38 bits per heavy atom. The van der Waals surface area contributed by atoms with Crippen LogP contribution < -0.4 is 4.74 Å². The molecule has 1 aliphatic rings. The smallest absolute Gasteiger partial charge is 0.160 e. The summed E-state index contributed by atoms with van der Waals surface area (Å²) in [7, 11) is 0. The second-order valence-electron chi connectivity index (χ2n) is 3.91. The van der Waals surface area contributed by atoms with E-state index in [-0.39, 0.29) is 0 Å². The Morgan fingerprint density at radius 3 is 3.06 bits per heavy atom. The van der Waals surface area contributed by atoms with E-state index in [4.69, 9.17) is 4.74 Å². The maximum absolute atomic E-state index is 10.8. The Balaban J connectivity index is 2.24. The van der Waals surface area contributed by atoms with E-state index in [2.05, 4.69) is 13.0 Å². The summed E-state index contributed by atoms with van der Waals surface area (Å²) in [6.07, 6.45) is 0.901. The molecular formula is C13H10O2S. The summed E-state index contributed by atoms with van der Waals surface area (Å²) in [4.78, 5) is 12.7. The fourth-order valence-electron chi connectivity index (χ4n) is 1.95. The molecule has 0 fully saturated rings. The van der Waals surface area contributed by atoms with Gasteiger partial charge in [-0.1, -0.05) is 11.6 Å². The third-order valence-corrected chi connectivity index (χ3v) is 3.84. The summed E-state index contributed by atoms with van der Waals surface area (Å²) in [5.41, 5.74) is 3.43. The van der Waals surface area contributed by atoms with Crippen LogP contribution in [0.5, 0.6) is 5.75 Å². The molecule has 1 aromatic carbocycles. The van der Waals surface area contributed by atoms with E-state index in [9.17, 15) is 4.79 Å². The van der Waals surface area contributed by atoms with Crippen LogP contribution in [-0.4, -0.2) is 6.29 Å². The van der Waals surface area contributed by atoms with E-state index in [0.29, 0.717) is 6.61 Å². The number of rotatable bonds is 1. The number of benzene rings is 1. The number of carbonyl (C=O) groups is 1. The second kappa shape index (κ2) is 3.46. The number of carbonyl (C=O) groups excluding carboxylic acids is 1. The fourth-order valence-corrected chi connectivity index (χ4v) is 2.95. The van der Waals surface area contributed by atoms with Crippen molar-refractivity contribution in [2.75, 3.05) is 0 Å². The Bertz CT molecular complexity index is 569. The van der Waals surface area contributed by atoms with Crippen LogP contribution in [0.4, 0.5) is 0 Å². The molecule has 3 heteroatoms. The summed E-state index contributed by atoms with van der Waals surface area (Å²) in [6.45, 7) is 2.62. The van der Waals surface area contributed by atoms with Gasteiger partial charge in [-0.3, -0.25) is 4.79 Å². The molecule has 0 bridgehead atoms. The van der Waals surface area contributed by atoms with Crippen molar-refractivity contribution in [1.82, 2.24) is 0 Å². The van der Waals surface area contributed by atoms with Crippen molar-refractivity contribution in [2.45, 2.75) is 13.5 Å². The number of ether oxygens (including phenoxy) is 1. The molecule has 3 rings (SSSR count). The average molecular weight is 230 g/mol. The number of hydrogen-bond donors (Lipinski definition) is 0. The van der Waals surface area contributed by atoms with Crippen LogP contribution in [0.15, 0.2) is 24.3 Å². The van der Waals surface area contributed by atoms with Crippen LogP contribution in [0.25, 0.3) is 10.4 Å². The van der Waals surface area contributed by atoms with E-state index in [1.807, 2.05) is 18.2 Å². The number of hydrogen-bond acceptors (Lipinski definition) is 3. The maximum atomic E-state index is 10.8. The van der Waals surface area contributed by atoms with E-state index < -0.39 is 0 Å². The van der Waals surface area contributed by atoms with Gasteiger partial charge in [-0.15, -0.1) is 11.3 Å². The zero-order valence-electron chi connectivity index (χ0n) is 8.82. The van der Waals surface area contributed by atoms with Crippen molar-refractivity contribution < 1.29 is 9.53 Å². The van der Waals surface area contributed by atoms with Crippen molar-refractivity contribution in [1.29, 1.82) is 0 Å². The highest BCUT2D eigenvalue weighted by molar-refractivity contribution is 7.17. The first kappa shape index (κ1) is 9.60. The molecule has 0 aliphatic carbocycles. The van der Waals surface area contributed by atoms with Crippen LogP contribution in [0.2, 0.25) is 0 Å². The van der Waals surface area contributed by atoms with Gasteiger partial charge in [0.25, 0.3) is 0 Å². The number of aryl methyl sites for hydroxylation is 1. The van der Waals surface area contributed by atoms with Crippen LogP contribution in [0, 0.1) is 6.92 Å². The van der Waals surface area contributed by atoms with Gasteiger partial charge >= 0.3 is 0 Å². The lowest BCUT2D eigenvalue weighted by Gasteiger charge is -2.17. The van der Waals surface area contributed by atoms with E-state index in [0.717, 1.165) is 28.0 Å². The second-order valence-corrected chi connectivity index (χ2v) is 4.99. The number of fused-ring (bicyclic) bond motifs is 3. The highest BCUT2D eigenvalue weighted by Gasteiger charge is 2.20. The van der Waals surface area contributed by atoms with Crippen LogP contribution in [0.3, 0.4) is 0 Å². The Labute approximate surface area is 97.5 Å². The molecule has 0 saturated heterocycles. The van der Waals surface area contributed by atoms with Gasteiger partial charge in [0, 0.05) is 16.0 Å². The molecule has 16 heavy (non-hydrogen) atoms. The van der Waals surface area contributed by atoms with Crippen molar-refractivity contribution in [3.63, 3.8) is 0 Å². The van der Waals surface area contributed by atoms with Gasteiger partial charge in [-0.2, -0.15) is 0 Å². The average Bonchev–Trinajstić information content (AvgIpc) is 2.72. The van der Waals surface area contributed by atoms with E-state index >= 15 is 0 Å². The molecule has 0 atom stereocenters. The molecule has 0 radical (unpaired) electrons. The zero-order valence-corrected chi connectivity index (χ0v) is 9.64. The molecule has 2 nitrogen and oxygen atoms in total. The zero-order chi connectivity index (χ0) is 11.1. The molecule has 2 aromatic rings. The van der Waals surface area contributed by atoms with Crippen LogP contribution in [-0.2, 0) is 6.61 Å². The normalized spacial score (nSPS) is 12.6. The summed E-state index contributed by atoms with van der Waals surface area (Å²) >= 11 is 1.54.